The number of aryl methyl sites for hydroxylation is 1. The van der Waals surface area contributed by atoms with Crippen molar-refractivity contribution in [3.8, 4) is 0 Å². The Balaban J connectivity index is 2.30. The van der Waals surface area contributed by atoms with Gasteiger partial charge in [0, 0.05) is 17.1 Å². The van der Waals surface area contributed by atoms with E-state index in [0.717, 1.165) is 23.1 Å². The Hall–Kier alpha value is -0.760. The molecule has 0 saturated heterocycles. The van der Waals surface area contributed by atoms with Crippen molar-refractivity contribution in [1.29, 1.82) is 0 Å². The van der Waals surface area contributed by atoms with Crippen LogP contribution in [-0.4, -0.2) is 5.33 Å². The van der Waals surface area contributed by atoms with E-state index in [1.807, 2.05) is 6.07 Å². The van der Waals surface area contributed by atoms with E-state index < -0.39 is 0 Å². The second kappa shape index (κ2) is 4.40. The van der Waals surface area contributed by atoms with Gasteiger partial charge in [0.1, 0.15) is 11.3 Å². The number of fused-ring (bicyclic) bond motifs is 1. The average Bonchev–Trinajstić information content (AvgIpc) is 2.59. The molecule has 2 aromatic rings. The van der Waals surface area contributed by atoms with Crippen molar-refractivity contribution >= 4 is 26.9 Å². The Bertz CT molecular complexity index is 459. The van der Waals surface area contributed by atoms with Gasteiger partial charge in [-0.25, -0.2) is 0 Å². The molecule has 0 radical (unpaired) electrons. The molecule has 15 heavy (non-hydrogen) atoms. The molecule has 1 unspecified atom stereocenters. The highest BCUT2D eigenvalue weighted by Gasteiger charge is 2.07. The molecule has 0 aliphatic heterocycles. The maximum Gasteiger partial charge on any atom is 0.134 e. The molecule has 0 amide bonds. The molecular formula is C13H15BrO. The third-order valence-corrected chi connectivity index (χ3v) is 3.64. The van der Waals surface area contributed by atoms with E-state index in [0.29, 0.717) is 5.92 Å². The lowest BCUT2D eigenvalue weighted by molar-refractivity contribution is 0.504. The van der Waals surface area contributed by atoms with Crippen molar-refractivity contribution in [2.75, 3.05) is 5.33 Å². The van der Waals surface area contributed by atoms with Crippen LogP contribution < -0.4 is 0 Å². The number of hydrogen-bond donors (Lipinski definition) is 0. The van der Waals surface area contributed by atoms with E-state index >= 15 is 0 Å². The quantitative estimate of drug-likeness (QED) is 0.755. The Morgan fingerprint density at radius 2 is 2.13 bits per heavy atom. The monoisotopic (exact) mass is 266 g/mol. The molecule has 0 aliphatic carbocycles. The minimum Gasteiger partial charge on any atom is -0.461 e. The molecule has 0 aliphatic rings. The fourth-order valence-electron chi connectivity index (χ4n) is 1.72. The van der Waals surface area contributed by atoms with Gasteiger partial charge >= 0.3 is 0 Å². The number of hydrogen-bond acceptors (Lipinski definition) is 1. The molecule has 1 aromatic carbocycles. The number of benzene rings is 1. The predicted molar refractivity (Wildman–Crippen MR) is 67.6 cm³/mol. The van der Waals surface area contributed by atoms with Crippen LogP contribution in [0.2, 0.25) is 0 Å². The van der Waals surface area contributed by atoms with Crippen molar-refractivity contribution in [2.24, 2.45) is 5.92 Å². The lowest BCUT2D eigenvalue weighted by Crippen LogP contribution is -1.98. The minimum atomic E-state index is 0.617. The molecule has 0 spiro atoms. The maximum absolute atomic E-state index is 5.77. The summed E-state index contributed by atoms with van der Waals surface area (Å²) in [5.41, 5.74) is 2.28. The first-order chi connectivity index (χ1) is 7.19. The van der Waals surface area contributed by atoms with Crippen LogP contribution in [0.4, 0.5) is 0 Å². The van der Waals surface area contributed by atoms with Gasteiger partial charge in [-0.2, -0.15) is 0 Å². The van der Waals surface area contributed by atoms with Gasteiger partial charge in [-0.05, 0) is 31.0 Å². The van der Waals surface area contributed by atoms with E-state index in [1.165, 1.54) is 10.9 Å². The van der Waals surface area contributed by atoms with E-state index in [1.54, 1.807) is 0 Å². The summed E-state index contributed by atoms with van der Waals surface area (Å²) in [5, 5.41) is 2.23. The standard InChI is InChI=1S/C13H15BrO/c1-9-3-4-13-11(5-9)7-12(15-13)6-10(2)8-14/h3-5,7,10H,6,8H2,1-2H3. The van der Waals surface area contributed by atoms with E-state index in [9.17, 15) is 0 Å². The molecule has 2 rings (SSSR count). The van der Waals surface area contributed by atoms with Crippen molar-refractivity contribution in [1.82, 2.24) is 0 Å². The van der Waals surface area contributed by atoms with Gasteiger partial charge in [0.2, 0.25) is 0 Å². The van der Waals surface area contributed by atoms with Gasteiger partial charge in [-0.1, -0.05) is 34.5 Å². The Morgan fingerprint density at radius 1 is 1.33 bits per heavy atom. The Labute approximate surface area is 98.6 Å². The molecule has 0 fully saturated rings. The SMILES string of the molecule is Cc1ccc2oc(CC(C)CBr)cc2c1. The molecule has 1 atom stereocenters. The zero-order valence-corrected chi connectivity index (χ0v) is 10.7. The third-order valence-electron chi connectivity index (χ3n) is 2.54. The van der Waals surface area contributed by atoms with E-state index in [-0.39, 0.29) is 0 Å². The Morgan fingerprint density at radius 3 is 2.87 bits per heavy atom. The van der Waals surface area contributed by atoms with E-state index in [4.69, 9.17) is 4.42 Å². The zero-order valence-electron chi connectivity index (χ0n) is 9.09. The van der Waals surface area contributed by atoms with E-state index in [2.05, 4.69) is 48.0 Å². The lowest BCUT2D eigenvalue weighted by atomic mass is 10.1. The summed E-state index contributed by atoms with van der Waals surface area (Å²) < 4.78 is 5.77. The first kappa shape index (κ1) is 10.7. The lowest BCUT2D eigenvalue weighted by Gasteiger charge is -2.02. The van der Waals surface area contributed by atoms with Crippen molar-refractivity contribution < 1.29 is 4.42 Å². The third kappa shape index (κ3) is 2.43. The number of furan rings is 1. The highest BCUT2D eigenvalue weighted by molar-refractivity contribution is 9.09. The van der Waals surface area contributed by atoms with Crippen LogP contribution in [-0.2, 0) is 6.42 Å². The second-order valence-corrected chi connectivity index (χ2v) is 4.87. The molecule has 1 aromatic heterocycles. The smallest absolute Gasteiger partial charge is 0.134 e. The molecule has 0 saturated carbocycles. The summed E-state index contributed by atoms with van der Waals surface area (Å²) >= 11 is 3.49. The van der Waals surface area contributed by atoms with Crippen LogP contribution in [0.25, 0.3) is 11.0 Å². The number of rotatable bonds is 3. The van der Waals surface area contributed by atoms with Gasteiger partial charge in [0.25, 0.3) is 0 Å². The summed E-state index contributed by atoms with van der Waals surface area (Å²) in [7, 11) is 0. The first-order valence-corrected chi connectivity index (χ1v) is 6.36. The van der Waals surface area contributed by atoms with Crippen LogP contribution in [0.15, 0.2) is 28.7 Å². The van der Waals surface area contributed by atoms with Gasteiger partial charge < -0.3 is 4.42 Å². The maximum atomic E-state index is 5.77. The fraction of sp³-hybridized carbons (Fsp3) is 0.385. The topological polar surface area (TPSA) is 13.1 Å². The van der Waals surface area contributed by atoms with Crippen LogP contribution in [0, 0.1) is 12.8 Å². The van der Waals surface area contributed by atoms with Gasteiger partial charge in [-0.15, -0.1) is 0 Å². The number of alkyl halides is 1. The van der Waals surface area contributed by atoms with Crippen LogP contribution in [0.5, 0.6) is 0 Å². The summed E-state index contributed by atoms with van der Waals surface area (Å²) in [6.45, 7) is 4.32. The van der Waals surface area contributed by atoms with Crippen LogP contribution in [0.3, 0.4) is 0 Å². The summed E-state index contributed by atoms with van der Waals surface area (Å²) in [5.74, 6) is 1.70. The minimum absolute atomic E-state index is 0.617. The fourth-order valence-corrected chi connectivity index (χ4v) is 1.95. The van der Waals surface area contributed by atoms with Crippen LogP contribution >= 0.6 is 15.9 Å². The second-order valence-electron chi connectivity index (χ2n) is 4.22. The zero-order chi connectivity index (χ0) is 10.8. The van der Waals surface area contributed by atoms with Crippen molar-refractivity contribution in [3.63, 3.8) is 0 Å². The average molecular weight is 267 g/mol. The molecule has 80 valence electrons. The Kier molecular flexibility index (Phi) is 3.15. The molecule has 0 bridgehead atoms. The molecular weight excluding hydrogens is 252 g/mol. The molecule has 1 heterocycles. The summed E-state index contributed by atoms with van der Waals surface area (Å²) in [6.07, 6.45) is 0.999. The highest BCUT2D eigenvalue weighted by atomic mass is 79.9. The molecule has 0 N–H and O–H groups in total. The first-order valence-electron chi connectivity index (χ1n) is 5.24. The summed E-state index contributed by atoms with van der Waals surface area (Å²) in [6, 6.07) is 8.46. The molecule has 2 heteroatoms. The van der Waals surface area contributed by atoms with Gasteiger partial charge in [0.15, 0.2) is 0 Å². The number of halogens is 1. The van der Waals surface area contributed by atoms with Crippen LogP contribution in [0.1, 0.15) is 18.2 Å². The normalized spacial score (nSPS) is 13.3. The highest BCUT2D eigenvalue weighted by Crippen LogP contribution is 2.22. The summed E-state index contributed by atoms with van der Waals surface area (Å²) in [4.78, 5) is 0. The predicted octanol–water partition coefficient (Wildman–Crippen LogP) is 4.31. The van der Waals surface area contributed by atoms with Gasteiger partial charge in [0.05, 0.1) is 0 Å². The van der Waals surface area contributed by atoms with Crippen molar-refractivity contribution in [3.05, 3.63) is 35.6 Å². The van der Waals surface area contributed by atoms with Gasteiger partial charge in [-0.3, -0.25) is 0 Å². The molecule has 1 nitrogen and oxygen atoms in total. The van der Waals surface area contributed by atoms with Crippen molar-refractivity contribution in [2.45, 2.75) is 20.3 Å². The largest absolute Gasteiger partial charge is 0.461 e.